The van der Waals surface area contributed by atoms with Crippen molar-refractivity contribution < 1.29 is 14.6 Å². The molecule has 0 aliphatic carbocycles. The molecule has 25 heavy (non-hydrogen) atoms. The molecule has 2 aliphatic rings. The number of likely N-dealkylation sites (tertiary alicyclic amines) is 2. The highest BCUT2D eigenvalue weighted by Crippen LogP contribution is 2.38. The molecule has 2 atom stereocenters. The van der Waals surface area contributed by atoms with E-state index >= 15 is 0 Å². The number of aliphatic hydroxyl groups excluding tert-OH is 1. The Hall–Kier alpha value is -1.43. The Kier molecular flexibility index (Phi) is 6.10. The van der Waals surface area contributed by atoms with Crippen molar-refractivity contribution >= 4 is 5.91 Å². The van der Waals surface area contributed by atoms with Crippen molar-refractivity contribution in [2.75, 3.05) is 39.4 Å². The van der Waals surface area contributed by atoms with Gasteiger partial charge in [0.15, 0.2) is 0 Å². The molecule has 0 bridgehead atoms. The maximum atomic E-state index is 12.2. The second kappa shape index (κ2) is 8.30. The van der Waals surface area contributed by atoms with E-state index in [4.69, 9.17) is 4.74 Å². The summed E-state index contributed by atoms with van der Waals surface area (Å²) in [5.41, 5.74) is 1.18. The number of nitrogens with zero attached hydrogens (tertiary/aromatic N) is 2. The highest BCUT2D eigenvalue weighted by molar-refractivity contribution is 5.77. The summed E-state index contributed by atoms with van der Waals surface area (Å²) in [6.45, 7) is 5.69. The lowest BCUT2D eigenvalue weighted by Crippen LogP contribution is -2.62. The van der Waals surface area contributed by atoms with E-state index in [0.717, 1.165) is 38.8 Å². The van der Waals surface area contributed by atoms with Gasteiger partial charge >= 0.3 is 0 Å². The molecular weight excluding hydrogens is 316 g/mol. The smallest absolute Gasteiger partial charge is 0.248 e. The van der Waals surface area contributed by atoms with Crippen LogP contribution >= 0.6 is 0 Å². The Morgan fingerprint density at radius 2 is 2.08 bits per heavy atom. The normalized spacial score (nSPS) is 27.1. The van der Waals surface area contributed by atoms with Gasteiger partial charge in [-0.3, -0.25) is 9.69 Å². The number of carbonyl (C=O) groups excluding carboxylic acids is 1. The van der Waals surface area contributed by atoms with Gasteiger partial charge in [0.25, 0.3) is 0 Å². The fraction of sp³-hybridized carbons (Fsp3) is 0.650. The zero-order valence-corrected chi connectivity index (χ0v) is 15.2. The molecule has 0 unspecified atom stereocenters. The first kappa shape index (κ1) is 18.4. The van der Waals surface area contributed by atoms with Crippen LogP contribution in [-0.4, -0.2) is 71.8 Å². The SMILES string of the molecule is CCOCC(=O)N1CC[C@@]2(CCCN2CCc2ccccc2)[C@@H](O)C1. The Labute approximate surface area is 150 Å². The summed E-state index contributed by atoms with van der Waals surface area (Å²) >= 11 is 0. The first-order valence-corrected chi connectivity index (χ1v) is 9.48. The maximum Gasteiger partial charge on any atom is 0.248 e. The monoisotopic (exact) mass is 346 g/mol. The van der Waals surface area contributed by atoms with Crippen LogP contribution in [0.3, 0.4) is 0 Å². The third kappa shape index (κ3) is 4.05. The van der Waals surface area contributed by atoms with Gasteiger partial charge in [-0.15, -0.1) is 0 Å². The van der Waals surface area contributed by atoms with Crippen LogP contribution in [0.25, 0.3) is 0 Å². The molecule has 2 heterocycles. The number of piperidine rings is 1. The van der Waals surface area contributed by atoms with Crippen LogP contribution in [0.2, 0.25) is 0 Å². The Morgan fingerprint density at radius 1 is 1.28 bits per heavy atom. The van der Waals surface area contributed by atoms with Crippen LogP contribution in [0.4, 0.5) is 0 Å². The van der Waals surface area contributed by atoms with Crippen LogP contribution in [-0.2, 0) is 16.0 Å². The third-order valence-electron chi connectivity index (χ3n) is 5.79. The molecule has 2 fully saturated rings. The van der Waals surface area contributed by atoms with E-state index in [9.17, 15) is 9.90 Å². The number of ether oxygens (including phenoxy) is 1. The van der Waals surface area contributed by atoms with Crippen molar-refractivity contribution in [1.29, 1.82) is 0 Å². The summed E-state index contributed by atoms with van der Waals surface area (Å²) < 4.78 is 5.23. The molecule has 1 amide bonds. The number of hydrogen-bond donors (Lipinski definition) is 1. The summed E-state index contributed by atoms with van der Waals surface area (Å²) in [6, 6.07) is 10.5. The number of hydrogen-bond acceptors (Lipinski definition) is 4. The third-order valence-corrected chi connectivity index (χ3v) is 5.79. The minimum Gasteiger partial charge on any atom is -0.389 e. The Balaban J connectivity index is 1.59. The number of aliphatic hydroxyl groups is 1. The average molecular weight is 346 g/mol. The minimum atomic E-state index is -0.481. The van der Waals surface area contributed by atoms with Crippen molar-refractivity contribution in [3.63, 3.8) is 0 Å². The molecule has 0 radical (unpaired) electrons. The first-order valence-electron chi connectivity index (χ1n) is 9.48. The fourth-order valence-corrected chi connectivity index (χ4v) is 4.33. The molecule has 5 heteroatoms. The summed E-state index contributed by atoms with van der Waals surface area (Å²) in [4.78, 5) is 16.4. The molecule has 2 aliphatic heterocycles. The number of amides is 1. The van der Waals surface area contributed by atoms with Gasteiger partial charge in [0.1, 0.15) is 6.61 Å². The number of carbonyl (C=O) groups is 1. The van der Waals surface area contributed by atoms with Crippen LogP contribution in [0.15, 0.2) is 30.3 Å². The molecule has 1 N–H and O–H groups in total. The fourth-order valence-electron chi connectivity index (χ4n) is 4.33. The molecule has 1 aromatic rings. The van der Waals surface area contributed by atoms with Crippen molar-refractivity contribution in [1.82, 2.24) is 9.80 Å². The van der Waals surface area contributed by atoms with E-state index in [-0.39, 0.29) is 18.1 Å². The summed E-state index contributed by atoms with van der Waals surface area (Å²) in [7, 11) is 0. The molecule has 1 aromatic carbocycles. The average Bonchev–Trinajstić information content (AvgIpc) is 3.05. The summed E-state index contributed by atoms with van der Waals surface area (Å²) in [5.74, 6) is -0.00965. The van der Waals surface area contributed by atoms with Gasteiger partial charge in [-0.25, -0.2) is 0 Å². The molecule has 0 saturated carbocycles. The Morgan fingerprint density at radius 3 is 2.80 bits per heavy atom. The second-order valence-corrected chi connectivity index (χ2v) is 7.17. The second-order valence-electron chi connectivity index (χ2n) is 7.17. The van der Waals surface area contributed by atoms with Gasteiger partial charge in [-0.2, -0.15) is 0 Å². The van der Waals surface area contributed by atoms with Crippen molar-refractivity contribution in [2.24, 2.45) is 0 Å². The highest BCUT2D eigenvalue weighted by atomic mass is 16.5. The maximum absolute atomic E-state index is 12.2. The quantitative estimate of drug-likeness (QED) is 0.852. The largest absolute Gasteiger partial charge is 0.389 e. The molecule has 138 valence electrons. The van der Waals surface area contributed by atoms with Crippen molar-refractivity contribution in [3.05, 3.63) is 35.9 Å². The van der Waals surface area contributed by atoms with Crippen molar-refractivity contribution in [2.45, 2.75) is 44.2 Å². The number of benzene rings is 1. The topological polar surface area (TPSA) is 53.0 Å². The number of rotatable bonds is 6. The van der Waals surface area contributed by atoms with Crippen LogP contribution < -0.4 is 0 Å². The van der Waals surface area contributed by atoms with Gasteiger partial charge in [0, 0.05) is 26.2 Å². The van der Waals surface area contributed by atoms with E-state index in [1.807, 2.05) is 13.0 Å². The van der Waals surface area contributed by atoms with E-state index in [1.165, 1.54) is 5.56 Å². The standard InChI is InChI=1S/C20H30N2O3/c1-2-25-16-19(24)21-14-11-20(18(23)15-21)10-6-12-22(20)13-9-17-7-4-3-5-8-17/h3-5,7-8,18,23H,2,6,9-16H2,1H3/t18-,20-/m0/s1. The van der Waals surface area contributed by atoms with E-state index < -0.39 is 6.10 Å². The lowest BCUT2D eigenvalue weighted by molar-refractivity contribution is -0.144. The summed E-state index contributed by atoms with van der Waals surface area (Å²) in [6.07, 6.45) is 3.52. The lowest BCUT2D eigenvalue weighted by atomic mass is 9.82. The van der Waals surface area contributed by atoms with Gasteiger partial charge in [0.05, 0.1) is 11.6 Å². The van der Waals surface area contributed by atoms with E-state index in [2.05, 4.69) is 29.2 Å². The zero-order valence-electron chi connectivity index (χ0n) is 15.2. The van der Waals surface area contributed by atoms with Gasteiger partial charge < -0.3 is 14.7 Å². The highest BCUT2D eigenvalue weighted by Gasteiger charge is 2.49. The molecule has 3 rings (SSSR count). The van der Waals surface area contributed by atoms with Crippen LogP contribution in [0, 0.1) is 0 Å². The predicted molar refractivity (Wildman–Crippen MR) is 97.4 cm³/mol. The number of β-amino-alcohol motifs (C(OH)–C–C–N with tert-alkyl or cyclic N) is 1. The van der Waals surface area contributed by atoms with Crippen LogP contribution in [0.1, 0.15) is 31.7 Å². The molecular formula is C20H30N2O3. The van der Waals surface area contributed by atoms with Gasteiger partial charge in [0.2, 0.25) is 5.91 Å². The molecule has 0 aromatic heterocycles. The van der Waals surface area contributed by atoms with Crippen LogP contribution in [0.5, 0.6) is 0 Å². The van der Waals surface area contributed by atoms with Crippen molar-refractivity contribution in [3.8, 4) is 0 Å². The lowest BCUT2D eigenvalue weighted by Gasteiger charge is -2.48. The van der Waals surface area contributed by atoms with Gasteiger partial charge in [-0.05, 0) is 44.7 Å². The first-order chi connectivity index (χ1) is 12.2. The predicted octanol–water partition coefficient (Wildman–Crippen LogP) is 1.69. The molecule has 1 spiro atoms. The van der Waals surface area contributed by atoms with E-state index in [0.29, 0.717) is 19.7 Å². The Bertz CT molecular complexity index is 565. The molecule has 2 saturated heterocycles. The zero-order chi connectivity index (χ0) is 17.7. The molecule has 5 nitrogen and oxygen atoms in total. The van der Waals surface area contributed by atoms with Gasteiger partial charge in [-0.1, -0.05) is 30.3 Å². The van der Waals surface area contributed by atoms with E-state index in [1.54, 1.807) is 4.90 Å². The summed E-state index contributed by atoms with van der Waals surface area (Å²) in [5, 5.41) is 10.9. The minimum absolute atomic E-state index is 0.00965.